The van der Waals surface area contributed by atoms with Crippen LogP contribution in [0.4, 0.5) is 0 Å². The molecule has 2 N–H and O–H groups in total. The lowest BCUT2D eigenvalue weighted by atomic mass is 9.87. The number of hydrogen-bond donors (Lipinski definition) is 2. The minimum Gasteiger partial charge on any atom is -0.363 e. The summed E-state index contributed by atoms with van der Waals surface area (Å²) in [5.74, 6) is 0.000446. The summed E-state index contributed by atoms with van der Waals surface area (Å²) in [6.07, 6.45) is 0.685. The Hall–Kier alpha value is -2.69. The maximum Gasteiger partial charge on any atom is 0.246 e. The van der Waals surface area contributed by atoms with Crippen LogP contribution in [0, 0.1) is 0 Å². The Bertz CT molecular complexity index is 911. The first-order chi connectivity index (χ1) is 14.2. The molecule has 0 heterocycles. The first-order valence-electron chi connectivity index (χ1n) is 10.3. The van der Waals surface area contributed by atoms with Crippen molar-refractivity contribution in [1.29, 1.82) is 0 Å². The Labute approximate surface area is 173 Å². The van der Waals surface area contributed by atoms with Crippen molar-refractivity contribution in [3.63, 3.8) is 0 Å². The molecule has 0 unspecified atom stereocenters. The Morgan fingerprint density at radius 3 is 2.38 bits per heavy atom. The highest BCUT2D eigenvalue weighted by Crippen LogP contribution is 2.35. The fraction of sp³-hybridized carbons (Fsp3) is 0.320. The van der Waals surface area contributed by atoms with E-state index in [1.807, 2.05) is 32.2 Å². The van der Waals surface area contributed by atoms with Crippen LogP contribution in [0.5, 0.6) is 0 Å². The molecule has 0 fully saturated rings. The van der Waals surface area contributed by atoms with Crippen molar-refractivity contribution in [2.45, 2.75) is 25.4 Å². The minimum absolute atomic E-state index is 0.0490. The van der Waals surface area contributed by atoms with Gasteiger partial charge < -0.3 is 15.4 Å². The standard InChI is InChI=1S/C25H30N2O2/c1-3-15-27-24(28)18-29-25(20-10-5-4-6-11-20)23(17-26-2)22-14-13-19-9-7-8-12-21(19)16-22/h4-14,16,23,25-26H,3,15,17-18H2,1-2H3,(H,27,28)/t23-,25-/m1/s1. The summed E-state index contributed by atoms with van der Waals surface area (Å²) in [6.45, 7) is 3.50. The zero-order valence-corrected chi connectivity index (χ0v) is 17.2. The fourth-order valence-corrected chi connectivity index (χ4v) is 3.63. The van der Waals surface area contributed by atoms with Gasteiger partial charge in [-0.15, -0.1) is 0 Å². The molecule has 4 heteroatoms. The summed E-state index contributed by atoms with van der Waals surface area (Å²) < 4.78 is 6.22. The third-order valence-corrected chi connectivity index (χ3v) is 5.09. The predicted molar refractivity (Wildman–Crippen MR) is 119 cm³/mol. The van der Waals surface area contributed by atoms with E-state index >= 15 is 0 Å². The quantitative estimate of drug-likeness (QED) is 0.539. The molecular formula is C25H30N2O2. The van der Waals surface area contributed by atoms with Gasteiger partial charge in [-0.3, -0.25) is 4.79 Å². The zero-order chi connectivity index (χ0) is 20.5. The van der Waals surface area contributed by atoms with Crippen LogP contribution in [-0.4, -0.2) is 32.7 Å². The Balaban J connectivity index is 1.91. The lowest BCUT2D eigenvalue weighted by molar-refractivity contribution is -0.128. The van der Waals surface area contributed by atoms with E-state index < -0.39 is 0 Å². The largest absolute Gasteiger partial charge is 0.363 e. The highest BCUT2D eigenvalue weighted by Gasteiger charge is 2.26. The summed E-state index contributed by atoms with van der Waals surface area (Å²) in [4.78, 5) is 12.2. The smallest absolute Gasteiger partial charge is 0.246 e. The molecule has 0 aromatic heterocycles. The van der Waals surface area contributed by atoms with Gasteiger partial charge in [-0.05, 0) is 35.4 Å². The Kier molecular flexibility index (Phi) is 7.79. The first-order valence-corrected chi connectivity index (χ1v) is 10.3. The molecule has 4 nitrogen and oxygen atoms in total. The summed E-state index contributed by atoms with van der Waals surface area (Å²) in [5, 5.41) is 8.63. The lowest BCUT2D eigenvalue weighted by Crippen LogP contribution is -2.31. The highest BCUT2D eigenvalue weighted by molar-refractivity contribution is 5.83. The molecule has 152 valence electrons. The molecule has 2 atom stereocenters. The molecule has 0 aliphatic carbocycles. The number of ether oxygens (including phenoxy) is 1. The van der Waals surface area contributed by atoms with Crippen LogP contribution in [0.25, 0.3) is 10.8 Å². The highest BCUT2D eigenvalue weighted by atomic mass is 16.5. The van der Waals surface area contributed by atoms with Crippen molar-refractivity contribution in [3.8, 4) is 0 Å². The summed E-state index contributed by atoms with van der Waals surface area (Å²) in [5.41, 5.74) is 2.27. The minimum atomic E-state index is -0.225. The van der Waals surface area contributed by atoms with E-state index in [-0.39, 0.29) is 24.5 Å². The van der Waals surface area contributed by atoms with Crippen molar-refractivity contribution in [3.05, 3.63) is 83.9 Å². The molecule has 0 saturated heterocycles. The SMILES string of the molecule is CCCNC(=O)CO[C@H](c1ccccc1)[C@H](CNC)c1ccc2ccccc2c1. The van der Waals surface area contributed by atoms with Gasteiger partial charge in [0.15, 0.2) is 0 Å². The molecule has 0 aliphatic rings. The zero-order valence-electron chi connectivity index (χ0n) is 17.2. The summed E-state index contributed by atoms with van der Waals surface area (Å²) >= 11 is 0. The van der Waals surface area contributed by atoms with E-state index in [0.29, 0.717) is 6.54 Å². The van der Waals surface area contributed by atoms with E-state index in [9.17, 15) is 4.79 Å². The molecule has 0 aliphatic heterocycles. The van der Waals surface area contributed by atoms with Crippen molar-refractivity contribution in [2.75, 3.05) is 26.7 Å². The number of hydrogen-bond acceptors (Lipinski definition) is 3. The lowest BCUT2D eigenvalue weighted by Gasteiger charge is -2.28. The Morgan fingerprint density at radius 1 is 0.931 bits per heavy atom. The topological polar surface area (TPSA) is 50.4 Å². The number of carbonyl (C=O) groups is 1. The maximum absolute atomic E-state index is 12.2. The van der Waals surface area contributed by atoms with E-state index in [1.165, 1.54) is 16.3 Å². The van der Waals surface area contributed by atoms with Crippen molar-refractivity contribution >= 4 is 16.7 Å². The van der Waals surface area contributed by atoms with E-state index in [0.717, 1.165) is 18.5 Å². The van der Waals surface area contributed by atoms with Gasteiger partial charge in [0, 0.05) is 19.0 Å². The summed E-state index contributed by atoms with van der Waals surface area (Å²) in [6, 6.07) is 25.1. The predicted octanol–water partition coefficient (Wildman–Crippen LogP) is 4.43. The van der Waals surface area contributed by atoms with Crippen LogP contribution >= 0.6 is 0 Å². The number of fused-ring (bicyclic) bond motifs is 1. The summed E-state index contributed by atoms with van der Waals surface area (Å²) in [7, 11) is 1.95. The van der Waals surface area contributed by atoms with Gasteiger partial charge >= 0.3 is 0 Å². The molecule has 1 amide bonds. The Morgan fingerprint density at radius 2 is 1.66 bits per heavy atom. The molecule has 0 spiro atoms. The number of amides is 1. The van der Waals surface area contributed by atoms with Crippen molar-refractivity contribution in [1.82, 2.24) is 10.6 Å². The fourth-order valence-electron chi connectivity index (χ4n) is 3.63. The molecule has 0 bridgehead atoms. The first kappa shape index (κ1) is 21.0. The van der Waals surface area contributed by atoms with Gasteiger partial charge in [0.05, 0.1) is 6.10 Å². The normalized spacial score (nSPS) is 13.2. The van der Waals surface area contributed by atoms with Crippen LogP contribution in [0.2, 0.25) is 0 Å². The van der Waals surface area contributed by atoms with Gasteiger partial charge in [-0.2, -0.15) is 0 Å². The number of likely N-dealkylation sites (N-methyl/N-ethyl adjacent to an activating group) is 1. The van der Waals surface area contributed by atoms with Gasteiger partial charge in [-0.1, -0.05) is 79.7 Å². The van der Waals surface area contributed by atoms with Crippen LogP contribution in [0.1, 0.15) is 36.5 Å². The third kappa shape index (κ3) is 5.66. The molecule has 3 aromatic rings. The number of carbonyl (C=O) groups excluding carboxylic acids is 1. The molecule has 29 heavy (non-hydrogen) atoms. The van der Waals surface area contributed by atoms with Crippen molar-refractivity contribution in [2.24, 2.45) is 0 Å². The van der Waals surface area contributed by atoms with Crippen LogP contribution in [-0.2, 0) is 9.53 Å². The van der Waals surface area contributed by atoms with Crippen LogP contribution in [0.3, 0.4) is 0 Å². The van der Waals surface area contributed by atoms with Gasteiger partial charge in [-0.25, -0.2) is 0 Å². The van der Waals surface area contributed by atoms with Crippen molar-refractivity contribution < 1.29 is 9.53 Å². The molecule has 0 saturated carbocycles. The molecule has 0 radical (unpaired) electrons. The molecule has 3 aromatic carbocycles. The second-order valence-electron chi connectivity index (χ2n) is 7.26. The number of benzene rings is 3. The second kappa shape index (κ2) is 10.7. The molecular weight excluding hydrogens is 360 g/mol. The van der Waals surface area contributed by atoms with E-state index in [1.54, 1.807) is 0 Å². The van der Waals surface area contributed by atoms with Gasteiger partial charge in [0.1, 0.15) is 6.61 Å². The van der Waals surface area contributed by atoms with Gasteiger partial charge in [0.25, 0.3) is 0 Å². The van der Waals surface area contributed by atoms with E-state index in [2.05, 4.69) is 65.2 Å². The number of nitrogens with one attached hydrogen (secondary N) is 2. The van der Waals surface area contributed by atoms with Crippen LogP contribution < -0.4 is 10.6 Å². The van der Waals surface area contributed by atoms with E-state index in [4.69, 9.17) is 4.74 Å². The number of rotatable bonds is 10. The second-order valence-corrected chi connectivity index (χ2v) is 7.26. The monoisotopic (exact) mass is 390 g/mol. The average molecular weight is 391 g/mol. The maximum atomic E-state index is 12.2. The average Bonchev–Trinajstić information content (AvgIpc) is 2.77. The van der Waals surface area contributed by atoms with Gasteiger partial charge in [0.2, 0.25) is 5.91 Å². The van der Waals surface area contributed by atoms with Crippen LogP contribution in [0.15, 0.2) is 72.8 Å². The third-order valence-electron chi connectivity index (χ3n) is 5.09. The molecule has 3 rings (SSSR count).